The molecule has 2 saturated heterocycles. The van der Waals surface area contributed by atoms with Crippen LogP contribution in [0.5, 0.6) is 0 Å². The summed E-state index contributed by atoms with van der Waals surface area (Å²) in [4.78, 5) is 61.2. The molecule has 2 N–H and O–H groups in total. The van der Waals surface area contributed by atoms with Crippen molar-refractivity contribution in [1.82, 2.24) is 20.4 Å². The number of nitrogens with one attached hydrogen (secondary N) is 2. The van der Waals surface area contributed by atoms with Gasteiger partial charge in [0.2, 0.25) is 0 Å². The highest BCUT2D eigenvalue weighted by Gasteiger charge is 2.35. The number of carbonyl (C=O) groups is 4. The number of morpholine rings is 2. The molecule has 0 bridgehead atoms. The summed E-state index contributed by atoms with van der Waals surface area (Å²) in [6.45, 7) is 8.57. The van der Waals surface area contributed by atoms with Crippen molar-refractivity contribution in [2.24, 2.45) is 0 Å². The number of imide groups is 2. The van der Waals surface area contributed by atoms with Crippen LogP contribution in [0.1, 0.15) is 47.9 Å². The molecule has 51 heavy (non-hydrogen) atoms. The van der Waals surface area contributed by atoms with E-state index in [9.17, 15) is 19.2 Å². The number of ether oxygens (including phenoxy) is 2. The summed E-state index contributed by atoms with van der Waals surface area (Å²) < 4.78 is 11.0. The van der Waals surface area contributed by atoms with Crippen LogP contribution in [0.25, 0.3) is 21.5 Å². The number of carbonyl (C=O) groups excluding carboxylic acids is 4. The maximum atomic E-state index is 13.5. The van der Waals surface area contributed by atoms with Crippen LogP contribution < -0.4 is 20.4 Å². The van der Waals surface area contributed by atoms with E-state index < -0.39 is 0 Å². The third-order valence-electron chi connectivity index (χ3n) is 10.4. The predicted octanol–water partition coefficient (Wildman–Crippen LogP) is 3.13. The summed E-state index contributed by atoms with van der Waals surface area (Å²) >= 11 is 0. The maximum Gasteiger partial charge on any atom is 0.261 e. The molecule has 0 unspecified atom stereocenters. The first-order chi connectivity index (χ1) is 25.0. The molecule has 4 heterocycles. The molecule has 0 atom stereocenters. The Morgan fingerprint density at radius 1 is 0.490 bits per heavy atom. The minimum absolute atomic E-state index is 0.265. The second-order valence-electron chi connectivity index (χ2n) is 13.3. The molecule has 4 amide bonds. The van der Waals surface area contributed by atoms with Crippen LogP contribution >= 0.6 is 0 Å². The Morgan fingerprint density at radius 3 is 1.29 bits per heavy atom. The lowest BCUT2D eigenvalue weighted by Crippen LogP contribution is -2.44. The van der Waals surface area contributed by atoms with Gasteiger partial charge in [-0.3, -0.25) is 29.0 Å². The fourth-order valence-electron chi connectivity index (χ4n) is 7.80. The van der Waals surface area contributed by atoms with Crippen molar-refractivity contribution in [2.75, 3.05) is 102 Å². The van der Waals surface area contributed by atoms with E-state index in [1.807, 2.05) is 60.7 Å². The van der Waals surface area contributed by atoms with Gasteiger partial charge < -0.3 is 29.9 Å². The lowest BCUT2D eigenvalue weighted by Gasteiger charge is -2.32. The number of hydrogen-bond donors (Lipinski definition) is 2. The molecular weight excluding hydrogens is 648 g/mol. The Hall–Kier alpha value is -4.88. The van der Waals surface area contributed by atoms with Crippen LogP contribution in [0, 0.1) is 0 Å². The monoisotopic (exact) mass is 690 g/mol. The Bertz CT molecular complexity index is 1830. The number of amides is 4. The van der Waals surface area contributed by atoms with Gasteiger partial charge >= 0.3 is 0 Å². The highest BCUT2D eigenvalue weighted by Crippen LogP contribution is 2.37. The zero-order chi connectivity index (χ0) is 34.9. The smallest absolute Gasteiger partial charge is 0.261 e. The van der Waals surface area contributed by atoms with E-state index in [1.54, 1.807) is 0 Å². The zero-order valence-electron chi connectivity index (χ0n) is 28.6. The summed E-state index contributed by atoms with van der Waals surface area (Å²) in [6.07, 6.45) is 0.794. The highest BCUT2D eigenvalue weighted by molar-refractivity contribution is 6.28. The first-order valence-corrected chi connectivity index (χ1v) is 17.9. The Morgan fingerprint density at radius 2 is 0.882 bits per heavy atom. The SMILES string of the molecule is O=C1c2cccc3c(N4CCOCC4)ccc(c23)C(=O)N1CCNCCCNCCN1C(=O)c2cccc3c(N4CCOCC4)ccc(c23)C1=O. The zero-order valence-corrected chi connectivity index (χ0v) is 28.6. The normalized spacial score (nSPS) is 17.7. The average molecular weight is 691 g/mol. The third-order valence-corrected chi connectivity index (χ3v) is 10.4. The van der Waals surface area contributed by atoms with Crippen LogP contribution in [-0.2, 0) is 9.47 Å². The quantitative estimate of drug-likeness (QED) is 0.169. The molecule has 0 saturated carbocycles. The van der Waals surface area contributed by atoms with E-state index >= 15 is 0 Å². The molecule has 4 aromatic carbocycles. The summed E-state index contributed by atoms with van der Waals surface area (Å²) in [7, 11) is 0. The van der Waals surface area contributed by atoms with E-state index in [4.69, 9.17) is 9.47 Å². The van der Waals surface area contributed by atoms with Gasteiger partial charge in [0.05, 0.1) is 26.4 Å². The minimum Gasteiger partial charge on any atom is -0.378 e. The first-order valence-electron chi connectivity index (χ1n) is 17.9. The molecule has 2 fully saturated rings. The molecule has 0 aromatic heterocycles. The van der Waals surface area contributed by atoms with Gasteiger partial charge in [-0.25, -0.2) is 0 Å². The minimum atomic E-state index is -0.265. The van der Waals surface area contributed by atoms with E-state index in [2.05, 4.69) is 20.4 Å². The predicted molar refractivity (Wildman–Crippen MR) is 195 cm³/mol. The van der Waals surface area contributed by atoms with Gasteiger partial charge in [0, 0.05) is 108 Å². The van der Waals surface area contributed by atoms with E-state index in [-0.39, 0.29) is 36.7 Å². The second kappa shape index (κ2) is 14.4. The van der Waals surface area contributed by atoms with Crippen molar-refractivity contribution in [3.8, 4) is 0 Å². The standard InChI is InChI=1S/C39H42N6O6/c46-36-28-6-1-4-26-32(42-18-22-50-23-19-42)10-8-30(34(26)28)38(48)44(36)16-14-40-12-3-13-41-15-17-45-37(47)29-7-2-5-27-33(43-20-24-51-25-21-43)11-9-31(35(27)29)39(45)49/h1-2,4-11,40-41H,3,12-25H2. The van der Waals surface area contributed by atoms with E-state index in [0.29, 0.717) is 74.9 Å². The van der Waals surface area contributed by atoms with Crippen molar-refractivity contribution < 1.29 is 28.7 Å². The van der Waals surface area contributed by atoms with Crippen LogP contribution in [0.3, 0.4) is 0 Å². The fourth-order valence-corrected chi connectivity index (χ4v) is 7.80. The fraction of sp³-hybridized carbons (Fsp3) is 0.385. The van der Waals surface area contributed by atoms with E-state index in [0.717, 1.165) is 65.5 Å². The molecule has 4 aromatic rings. The van der Waals surface area contributed by atoms with Gasteiger partial charge in [0.15, 0.2) is 0 Å². The lowest BCUT2D eigenvalue weighted by molar-refractivity contribution is 0.0597. The molecule has 12 heteroatoms. The van der Waals surface area contributed by atoms with Gasteiger partial charge in [0.25, 0.3) is 23.6 Å². The molecule has 0 radical (unpaired) electrons. The van der Waals surface area contributed by atoms with Crippen molar-refractivity contribution in [2.45, 2.75) is 6.42 Å². The summed E-state index contributed by atoms with van der Waals surface area (Å²) in [5.41, 5.74) is 4.29. The van der Waals surface area contributed by atoms with Gasteiger partial charge in [-0.15, -0.1) is 0 Å². The number of anilines is 2. The van der Waals surface area contributed by atoms with Crippen LogP contribution in [0.2, 0.25) is 0 Å². The largest absolute Gasteiger partial charge is 0.378 e. The van der Waals surface area contributed by atoms with Crippen LogP contribution in [0.15, 0.2) is 60.7 Å². The van der Waals surface area contributed by atoms with Gasteiger partial charge in [-0.1, -0.05) is 24.3 Å². The Balaban J connectivity index is 0.805. The molecular formula is C39H42N6O6. The molecule has 12 nitrogen and oxygen atoms in total. The van der Waals surface area contributed by atoms with Crippen molar-refractivity contribution in [1.29, 1.82) is 0 Å². The Kier molecular flexibility index (Phi) is 9.39. The second-order valence-corrected chi connectivity index (χ2v) is 13.3. The molecule has 4 aliphatic rings. The van der Waals surface area contributed by atoms with Crippen molar-refractivity contribution in [3.63, 3.8) is 0 Å². The summed E-state index contributed by atoms with van der Waals surface area (Å²) in [5, 5.41) is 10.0. The third kappa shape index (κ3) is 6.12. The maximum absolute atomic E-state index is 13.5. The number of hydrogen-bond acceptors (Lipinski definition) is 10. The Labute approximate surface area is 296 Å². The van der Waals surface area contributed by atoms with E-state index in [1.165, 1.54) is 9.80 Å². The molecule has 4 aliphatic heterocycles. The van der Waals surface area contributed by atoms with Gasteiger partial charge in [-0.05, 0) is 55.9 Å². The molecule has 8 rings (SSSR count). The van der Waals surface area contributed by atoms with Crippen LogP contribution in [-0.4, -0.2) is 125 Å². The number of nitrogens with zero attached hydrogens (tertiary/aromatic N) is 4. The topological polar surface area (TPSA) is 124 Å². The van der Waals surface area contributed by atoms with Crippen molar-refractivity contribution >= 4 is 56.5 Å². The average Bonchev–Trinajstić information content (AvgIpc) is 3.17. The van der Waals surface area contributed by atoms with Crippen LogP contribution in [0.4, 0.5) is 11.4 Å². The van der Waals surface area contributed by atoms with Gasteiger partial charge in [0.1, 0.15) is 0 Å². The molecule has 0 spiro atoms. The summed E-state index contributed by atoms with van der Waals surface area (Å²) in [6, 6.07) is 19.1. The highest BCUT2D eigenvalue weighted by atomic mass is 16.5. The molecule has 264 valence electrons. The molecule has 0 aliphatic carbocycles. The van der Waals surface area contributed by atoms with Crippen molar-refractivity contribution in [3.05, 3.63) is 82.9 Å². The number of rotatable bonds is 12. The van der Waals surface area contributed by atoms with Gasteiger partial charge in [-0.2, -0.15) is 0 Å². The summed E-state index contributed by atoms with van der Waals surface area (Å²) in [5.74, 6) is -1.06. The number of benzene rings is 4. The lowest BCUT2D eigenvalue weighted by atomic mass is 9.92. The first kappa shape index (κ1) is 33.3.